The van der Waals surface area contributed by atoms with Gasteiger partial charge in [-0.25, -0.2) is 0 Å². The first-order chi connectivity index (χ1) is 9.66. The fourth-order valence-corrected chi connectivity index (χ4v) is 2.40. The topological polar surface area (TPSA) is 55.4 Å². The standard InChI is InChI=1S/C15H15NO3S/c1-11(17)13-7-8-14(20-13)15(18)16-9-10-19-12-5-3-2-4-6-12/h2-8H,9-10H2,1H3,(H,16,18). The molecule has 104 valence electrons. The van der Waals surface area contributed by atoms with Crippen LogP contribution in [-0.4, -0.2) is 24.8 Å². The van der Waals surface area contributed by atoms with Crippen molar-refractivity contribution in [2.75, 3.05) is 13.2 Å². The zero-order valence-corrected chi connectivity index (χ0v) is 11.9. The smallest absolute Gasteiger partial charge is 0.261 e. The van der Waals surface area contributed by atoms with Crippen LogP contribution in [0.1, 0.15) is 26.3 Å². The van der Waals surface area contributed by atoms with Gasteiger partial charge in [-0.1, -0.05) is 18.2 Å². The molecule has 0 atom stereocenters. The van der Waals surface area contributed by atoms with Crippen LogP contribution in [0, 0.1) is 0 Å². The number of rotatable bonds is 6. The van der Waals surface area contributed by atoms with Crippen LogP contribution in [0.25, 0.3) is 0 Å². The number of benzene rings is 1. The van der Waals surface area contributed by atoms with E-state index in [2.05, 4.69) is 5.32 Å². The van der Waals surface area contributed by atoms with Gasteiger partial charge in [0, 0.05) is 0 Å². The fraction of sp³-hybridized carbons (Fsp3) is 0.200. The monoisotopic (exact) mass is 289 g/mol. The maximum Gasteiger partial charge on any atom is 0.261 e. The number of carbonyl (C=O) groups excluding carboxylic acids is 2. The van der Waals surface area contributed by atoms with Crippen molar-refractivity contribution in [3.05, 3.63) is 52.2 Å². The predicted octanol–water partition coefficient (Wildman–Crippen LogP) is 2.76. The van der Waals surface area contributed by atoms with E-state index in [0.29, 0.717) is 22.9 Å². The molecule has 2 aromatic rings. The van der Waals surface area contributed by atoms with Gasteiger partial charge in [0.2, 0.25) is 0 Å². The average Bonchev–Trinajstić information content (AvgIpc) is 2.94. The molecule has 1 N–H and O–H groups in total. The van der Waals surface area contributed by atoms with Gasteiger partial charge in [-0.05, 0) is 31.2 Å². The largest absolute Gasteiger partial charge is 0.492 e. The van der Waals surface area contributed by atoms with Crippen molar-refractivity contribution in [1.82, 2.24) is 5.32 Å². The summed E-state index contributed by atoms with van der Waals surface area (Å²) in [6, 6.07) is 12.8. The normalized spacial score (nSPS) is 10.1. The van der Waals surface area contributed by atoms with E-state index in [9.17, 15) is 9.59 Å². The van der Waals surface area contributed by atoms with E-state index in [4.69, 9.17) is 4.74 Å². The van der Waals surface area contributed by atoms with E-state index >= 15 is 0 Å². The Morgan fingerprint density at radius 2 is 1.80 bits per heavy atom. The highest BCUT2D eigenvalue weighted by molar-refractivity contribution is 7.15. The molecule has 0 aliphatic carbocycles. The Hall–Kier alpha value is -2.14. The minimum Gasteiger partial charge on any atom is -0.492 e. The van der Waals surface area contributed by atoms with Crippen LogP contribution in [0.4, 0.5) is 0 Å². The molecule has 5 heteroatoms. The van der Waals surface area contributed by atoms with Gasteiger partial charge in [-0.15, -0.1) is 11.3 Å². The highest BCUT2D eigenvalue weighted by Crippen LogP contribution is 2.16. The maximum absolute atomic E-state index is 11.8. The van der Waals surface area contributed by atoms with Crippen molar-refractivity contribution in [3.63, 3.8) is 0 Å². The van der Waals surface area contributed by atoms with Crippen molar-refractivity contribution in [2.45, 2.75) is 6.92 Å². The second-order valence-electron chi connectivity index (χ2n) is 4.14. The number of ketones is 1. The molecule has 1 aromatic carbocycles. The maximum atomic E-state index is 11.8. The number of hydrogen-bond donors (Lipinski definition) is 1. The Bertz CT molecular complexity index is 592. The summed E-state index contributed by atoms with van der Waals surface area (Å²) < 4.78 is 5.47. The number of carbonyl (C=O) groups is 2. The lowest BCUT2D eigenvalue weighted by Gasteiger charge is -2.06. The first-order valence-corrected chi connectivity index (χ1v) is 7.05. The quantitative estimate of drug-likeness (QED) is 0.657. The lowest BCUT2D eigenvalue weighted by atomic mass is 10.3. The van der Waals surface area contributed by atoms with Gasteiger partial charge < -0.3 is 10.1 Å². The van der Waals surface area contributed by atoms with E-state index in [-0.39, 0.29) is 11.7 Å². The molecule has 1 heterocycles. The van der Waals surface area contributed by atoms with E-state index < -0.39 is 0 Å². The number of hydrogen-bond acceptors (Lipinski definition) is 4. The van der Waals surface area contributed by atoms with Gasteiger partial charge in [0.05, 0.1) is 16.3 Å². The molecule has 0 aliphatic rings. The summed E-state index contributed by atoms with van der Waals surface area (Å²) >= 11 is 1.20. The zero-order chi connectivity index (χ0) is 14.4. The molecule has 0 saturated heterocycles. The summed E-state index contributed by atoms with van der Waals surface area (Å²) in [5.74, 6) is 0.567. The third kappa shape index (κ3) is 3.93. The number of ether oxygens (including phenoxy) is 1. The van der Waals surface area contributed by atoms with Crippen LogP contribution in [0.5, 0.6) is 5.75 Å². The lowest BCUT2D eigenvalue weighted by molar-refractivity contribution is 0.0950. The van der Waals surface area contributed by atoms with E-state index in [1.807, 2.05) is 30.3 Å². The molecule has 0 unspecified atom stereocenters. The molecular weight excluding hydrogens is 274 g/mol. The van der Waals surface area contributed by atoms with Crippen molar-refractivity contribution >= 4 is 23.0 Å². The molecular formula is C15H15NO3S. The van der Waals surface area contributed by atoms with Crippen LogP contribution >= 0.6 is 11.3 Å². The molecule has 20 heavy (non-hydrogen) atoms. The molecule has 0 radical (unpaired) electrons. The predicted molar refractivity (Wildman–Crippen MR) is 78.6 cm³/mol. The number of amides is 1. The molecule has 1 amide bonds. The lowest BCUT2D eigenvalue weighted by Crippen LogP contribution is -2.27. The van der Waals surface area contributed by atoms with Crippen molar-refractivity contribution in [3.8, 4) is 5.75 Å². The minimum atomic E-state index is -0.181. The van der Waals surface area contributed by atoms with Gasteiger partial charge in [-0.2, -0.15) is 0 Å². The second kappa shape index (κ2) is 6.86. The first-order valence-electron chi connectivity index (χ1n) is 6.23. The number of nitrogens with one attached hydrogen (secondary N) is 1. The summed E-state index contributed by atoms with van der Waals surface area (Å²) in [4.78, 5) is 24.1. The summed E-state index contributed by atoms with van der Waals surface area (Å²) in [6.07, 6.45) is 0. The van der Waals surface area contributed by atoms with Crippen molar-refractivity contribution in [2.24, 2.45) is 0 Å². The van der Waals surface area contributed by atoms with Crippen LogP contribution in [0.2, 0.25) is 0 Å². The van der Waals surface area contributed by atoms with Crippen LogP contribution in [0.15, 0.2) is 42.5 Å². The fourth-order valence-electron chi connectivity index (χ4n) is 1.59. The van der Waals surface area contributed by atoms with Gasteiger partial charge in [-0.3, -0.25) is 9.59 Å². The summed E-state index contributed by atoms with van der Waals surface area (Å²) in [5.41, 5.74) is 0. The SMILES string of the molecule is CC(=O)c1ccc(C(=O)NCCOc2ccccc2)s1. The van der Waals surface area contributed by atoms with Crippen LogP contribution in [0.3, 0.4) is 0 Å². The Labute approximate surface area is 121 Å². The molecule has 0 spiro atoms. The molecule has 0 bridgehead atoms. The van der Waals surface area contributed by atoms with Crippen molar-refractivity contribution < 1.29 is 14.3 Å². The van der Waals surface area contributed by atoms with Gasteiger partial charge >= 0.3 is 0 Å². The van der Waals surface area contributed by atoms with Crippen LogP contribution in [-0.2, 0) is 0 Å². The Balaban J connectivity index is 1.76. The third-order valence-corrected chi connectivity index (χ3v) is 3.76. The Morgan fingerprint density at radius 1 is 1.10 bits per heavy atom. The molecule has 0 aliphatic heterocycles. The first kappa shape index (κ1) is 14.3. The van der Waals surface area contributed by atoms with Gasteiger partial charge in [0.25, 0.3) is 5.91 Å². The van der Waals surface area contributed by atoms with E-state index in [1.165, 1.54) is 18.3 Å². The molecule has 0 fully saturated rings. The molecule has 2 rings (SSSR count). The zero-order valence-electron chi connectivity index (χ0n) is 11.1. The molecule has 0 saturated carbocycles. The number of Topliss-reactive ketones (excluding diaryl/α,β-unsaturated/α-hetero) is 1. The number of para-hydroxylation sites is 1. The third-order valence-electron chi connectivity index (χ3n) is 2.58. The average molecular weight is 289 g/mol. The highest BCUT2D eigenvalue weighted by atomic mass is 32.1. The molecule has 1 aromatic heterocycles. The summed E-state index contributed by atoms with van der Waals surface area (Å²) in [6.45, 7) is 2.31. The van der Waals surface area contributed by atoms with E-state index in [0.717, 1.165) is 5.75 Å². The van der Waals surface area contributed by atoms with Crippen molar-refractivity contribution in [1.29, 1.82) is 0 Å². The second-order valence-corrected chi connectivity index (χ2v) is 5.22. The van der Waals surface area contributed by atoms with Gasteiger partial charge in [0.15, 0.2) is 5.78 Å². The Morgan fingerprint density at radius 3 is 2.45 bits per heavy atom. The van der Waals surface area contributed by atoms with Gasteiger partial charge in [0.1, 0.15) is 12.4 Å². The summed E-state index contributed by atoms with van der Waals surface area (Å²) in [7, 11) is 0. The Kier molecular flexibility index (Phi) is 4.90. The number of thiophene rings is 1. The summed E-state index contributed by atoms with van der Waals surface area (Å²) in [5, 5.41) is 2.76. The minimum absolute atomic E-state index is 0.0264. The highest BCUT2D eigenvalue weighted by Gasteiger charge is 2.10. The van der Waals surface area contributed by atoms with Crippen LogP contribution < -0.4 is 10.1 Å². The van der Waals surface area contributed by atoms with E-state index in [1.54, 1.807) is 12.1 Å². The molecule has 4 nitrogen and oxygen atoms in total.